The van der Waals surface area contributed by atoms with E-state index < -0.39 is 35.2 Å². The van der Waals surface area contributed by atoms with Crippen LogP contribution in [-0.4, -0.2) is 54.1 Å². The molecule has 0 fully saturated rings. The predicted octanol–water partition coefficient (Wildman–Crippen LogP) is 4.33. The summed E-state index contributed by atoms with van der Waals surface area (Å²) in [6.07, 6.45) is -3.90. The molecule has 4 atom stereocenters. The monoisotopic (exact) mass is 537 g/mol. The fraction of sp³-hybridized carbons (Fsp3) is 0.367. The molecule has 0 saturated carbocycles. The number of rotatable bonds is 17. The van der Waals surface area contributed by atoms with E-state index in [4.69, 9.17) is 18.9 Å². The predicted molar refractivity (Wildman–Crippen MR) is 144 cm³/mol. The fourth-order valence-electron chi connectivity index (χ4n) is 4.11. The second kappa shape index (κ2) is 16.4. The van der Waals surface area contributed by atoms with Crippen molar-refractivity contribution in [3.63, 3.8) is 0 Å². The standard InChI is InChI=1S/C30H35NO8/c1-36-28(33)18-17-26(31(34)35)29(38-20-24-13-7-3-8-14-24)30(39-21-25-15-9-4-10-16-25)27(32)22-37-19-23-11-5-2-6-12-23/h2-16,26-27,29-30,32H,17-22H2,1H3/t26-,27-,29-,30+/m1/s1. The van der Waals surface area contributed by atoms with Gasteiger partial charge in [-0.1, -0.05) is 91.0 Å². The highest BCUT2D eigenvalue weighted by molar-refractivity contribution is 5.69. The molecule has 0 aliphatic carbocycles. The topological polar surface area (TPSA) is 117 Å². The summed E-state index contributed by atoms with van der Waals surface area (Å²) in [6, 6.07) is 26.6. The van der Waals surface area contributed by atoms with Gasteiger partial charge in [0.05, 0.1) is 40.0 Å². The molecule has 9 heteroatoms. The molecule has 39 heavy (non-hydrogen) atoms. The second-order valence-corrected chi connectivity index (χ2v) is 9.06. The van der Waals surface area contributed by atoms with Crippen molar-refractivity contribution in [3.8, 4) is 0 Å². The van der Waals surface area contributed by atoms with E-state index in [-0.39, 0.29) is 39.3 Å². The van der Waals surface area contributed by atoms with Crippen LogP contribution < -0.4 is 0 Å². The number of carbonyl (C=O) groups excluding carboxylic acids is 1. The van der Waals surface area contributed by atoms with E-state index in [1.165, 1.54) is 7.11 Å². The molecular formula is C30H35NO8. The van der Waals surface area contributed by atoms with Gasteiger partial charge in [0.2, 0.25) is 6.04 Å². The molecule has 0 amide bonds. The summed E-state index contributed by atoms with van der Waals surface area (Å²) in [4.78, 5) is 23.6. The second-order valence-electron chi connectivity index (χ2n) is 9.06. The van der Waals surface area contributed by atoms with E-state index in [1.54, 1.807) is 0 Å². The summed E-state index contributed by atoms with van der Waals surface area (Å²) in [6.45, 7) is 0.256. The van der Waals surface area contributed by atoms with E-state index in [9.17, 15) is 20.0 Å². The minimum atomic E-state index is -1.35. The van der Waals surface area contributed by atoms with E-state index in [0.29, 0.717) is 0 Å². The third-order valence-electron chi connectivity index (χ3n) is 6.20. The number of hydrogen-bond donors (Lipinski definition) is 1. The molecule has 0 heterocycles. The first-order valence-corrected chi connectivity index (χ1v) is 12.8. The number of hydrogen-bond acceptors (Lipinski definition) is 8. The van der Waals surface area contributed by atoms with Gasteiger partial charge in [-0.05, 0) is 16.7 Å². The van der Waals surface area contributed by atoms with Crippen LogP contribution in [0.2, 0.25) is 0 Å². The van der Waals surface area contributed by atoms with Gasteiger partial charge < -0.3 is 24.1 Å². The lowest BCUT2D eigenvalue weighted by molar-refractivity contribution is -0.540. The quantitative estimate of drug-likeness (QED) is 0.154. The third-order valence-corrected chi connectivity index (χ3v) is 6.20. The zero-order chi connectivity index (χ0) is 27.9. The fourth-order valence-corrected chi connectivity index (χ4v) is 4.11. The molecule has 0 saturated heterocycles. The number of methoxy groups -OCH3 is 1. The Morgan fingerprint density at radius 3 is 1.72 bits per heavy atom. The Balaban J connectivity index is 1.84. The third kappa shape index (κ3) is 10.2. The van der Waals surface area contributed by atoms with Crippen LogP contribution in [0, 0.1) is 10.1 Å². The van der Waals surface area contributed by atoms with E-state index in [0.717, 1.165) is 16.7 Å². The van der Waals surface area contributed by atoms with Crippen molar-refractivity contribution in [1.29, 1.82) is 0 Å². The molecule has 1 N–H and O–H groups in total. The average Bonchev–Trinajstić information content (AvgIpc) is 2.96. The summed E-state index contributed by atoms with van der Waals surface area (Å²) in [5.74, 6) is -0.572. The van der Waals surface area contributed by atoms with Crippen molar-refractivity contribution in [2.45, 2.75) is 57.0 Å². The van der Waals surface area contributed by atoms with Gasteiger partial charge in [-0.2, -0.15) is 0 Å². The molecule has 0 aromatic heterocycles. The molecule has 0 spiro atoms. The van der Waals surface area contributed by atoms with Gasteiger partial charge >= 0.3 is 5.97 Å². The van der Waals surface area contributed by atoms with Crippen LogP contribution >= 0.6 is 0 Å². The number of carbonyl (C=O) groups is 1. The maximum Gasteiger partial charge on any atom is 0.305 e. The van der Waals surface area contributed by atoms with Crippen LogP contribution in [0.3, 0.4) is 0 Å². The van der Waals surface area contributed by atoms with Crippen LogP contribution in [0.25, 0.3) is 0 Å². The minimum absolute atomic E-state index is 0.0524. The number of aliphatic hydroxyl groups is 1. The molecule has 0 aliphatic heterocycles. The molecule has 0 unspecified atom stereocenters. The maximum absolute atomic E-state index is 12.3. The van der Waals surface area contributed by atoms with Crippen molar-refractivity contribution in [3.05, 3.63) is 118 Å². The SMILES string of the molecule is COC(=O)CC[C@H]([C@@H](OCc1ccccc1)[C@@H](OCc1ccccc1)[C@H](O)COCc1ccccc1)[N+](=O)[O-]. The van der Waals surface area contributed by atoms with Crippen LogP contribution in [-0.2, 0) is 43.6 Å². The summed E-state index contributed by atoms with van der Waals surface area (Å²) in [5, 5.41) is 23.5. The van der Waals surface area contributed by atoms with Gasteiger partial charge in [0, 0.05) is 11.3 Å². The normalized spacial score (nSPS) is 14.2. The molecule has 0 bridgehead atoms. The zero-order valence-corrected chi connectivity index (χ0v) is 22.0. The molecule has 3 rings (SSSR count). The highest BCUT2D eigenvalue weighted by Crippen LogP contribution is 2.23. The van der Waals surface area contributed by atoms with Crippen molar-refractivity contribution < 1.29 is 33.8 Å². The van der Waals surface area contributed by atoms with Gasteiger partial charge in [-0.25, -0.2) is 0 Å². The van der Waals surface area contributed by atoms with Crippen molar-refractivity contribution >= 4 is 5.97 Å². The lowest BCUT2D eigenvalue weighted by atomic mass is 9.97. The van der Waals surface area contributed by atoms with Crippen LogP contribution in [0.4, 0.5) is 0 Å². The first-order valence-electron chi connectivity index (χ1n) is 12.8. The van der Waals surface area contributed by atoms with Crippen molar-refractivity contribution in [1.82, 2.24) is 0 Å². The lowest BCUT2D eigenvalue weighted by Crippen LogP contribution is -2.51. The van der Waals surface area contributed by atoms with Crippen LogP contribution in [0.15, 0.2) is 91.0 Å². The number of ether oxygens (including phenoxy) is 4. The number of aliphatic hydroxyl groups excluding tert-OH is 1. The number of nitrogens with zero attached hydrogens (tertiary/aromatic N) is 1. The van der Waals surface area contributed by atoms with E-state index >= 15 is 0 Å². The Morgan fingerprint density at radius 2 is 1.26 bits per heavy atom. The first-order chi connectivity index (χ1) is 19.0. The molecule has 208 valence electrons. The summed E-state index contributed by atoms with van der Waals surface area (Å²) in [7, 11) is 1.23. The molecule has 9 nitrogen and oxygen atoms in total. The Labute approximate surface area is 228 Å². The molecule has 0 aliphatic rings. The van der Waals surface area contributed by atoms with Crippen molar-refractivity contribution in [2.75, 3.05) is 13.7 Å². The Kier molecular flexibility index (Phi) is 12.5. The van der Waals surface area contributed by atoms with E-state index in [2.05, 4.69) is 0 Å². The summed E-state index contributed by atoms with van der Waals surface area (Å²) in [5.41, 5.74) is 2.55. The highest BCUT2D eigenvalue weighted by Gasteiger charge is 2.43. The summed E-state index contributed by atoms with van der Waals surface area (Å²) < 4.78 is 22.7. The smallest absolute Gasteiger partial charge is 0.305 e. The largest absolute Gasteiger partial charge is 0.469 e. The molecular weight excluding hydrogens is 502 g/mol. The van der Waals surface area contributed by atoms with Crippen molar-refractivity contribution in [2.24, 2.45) is 0 Å². The Bertz CT molecular complexity index is 1110. The number of benzene rings is 3. The lowest BCUT2D eigenvalue weighted by Gasteiger charge is -2.32. The van der Waals surface area contributed by atoms with Crippen LogP contribution in [0.5, 0.6) is 0 Å². The number of nitro groups is 1. The highest BCUT2D eigenvalue weighted by atomic mass is 16.6. The molecule has 3 aromatic carbocycles. The van der Waals surface area contributed by atoms with Gasteiger partial charge in [0.25, 0.3) is 0 Å². The van der Waals surface area contributed by atoms with E-state index in [1.807, 2.05) is 91.0 Å². The Hall–Kier alpha value is -3.63. The van der Waals surface area contributed by atoms with Gasteiger partial charge in [-0.15, -0.1) is 0 Å². The average molecular weight is 538 g/mol. The van der Waals surface area contributed by atoms with Gasteiger partial charge in [0.1, 0.15) is 12.2 Å². The molecule has 0 radical (unpaired) electrons. The molecule has 3 aromatic rings. The number of esters is 1. The van der Waals surface area contributed by atoms with Crippen LogP contribution in [0.1, 0.15) is 29.5 Å². The zero-order valence-electron chi connectivity index (χ0n) is 22.0. The van der Waals surface area contributed by atoms with Gasteiger partial charge in [0.15, 0.2) is 6.10 Å². The summed E-state index contributed by atoms with van der Waals surface area (Å²) >= 11 is 0. The first kappa shape index (κ1) is 29.9. The Morgan fingerprint density at radius 1 is 0.795 bits per heavy atom. The maximum atomic E-state index is 12.3. The minimum Gasteiger partial charge on any atom is -0.469 e. The van der Waals surface area contributed by atoms with Gasteiger partial charge in [-0.3, -0.25) is 14.9 Å².